The standard InChI is InChI=1S/C22H30N2O3S/c1-6-18-10-12-19(13-11-18)17(4)23-22(25)21(7-2)24(28(5,26)27)20-14-8-16(3)9-15-20/h8-15,17,21H,6-7H2,1-5H3,(H,23,25)/t17-,21-/m0/s1. The van der Waals surface area contributed by atoms with Crippen LogP contribution in [-0.2, 0) is 21.2 Å². The summed E-state index contributed by atoms with van der Waals surface area (Å²) in [4.78, 5) is 13.0. The first kappa shape index (κ1) is 22.0. The molecule has 0 unspecified atom stereocenters. The van der Waals surface area contributed by atoms with Gasteiger partial charge in [-0.2, -0.15) is 0 Å². The molecule has 0 bridgehead atoms. The van der Waals surface area contributed by atoms with E-state index in [9.17, 15) is 13.2 Å². The molecule has 0 fully saturated rings. The van der Waals surface area contributed by atoms with E-state index in [-0.39, 0.29) is 11.9 Å². The lowest BCUT2D eigenvalue weighted by Gasteiger charge is -2.31. The first-order chi connectivity index (χ1) is 13.2. The Morgan fingerprint density at radius 2 is 1.61 bits per heavy atom. The molecule has 0 radical (unpaired) electrons. The first-order valence-corrected chi connectivity index (χ1v) is 11.5. The molecule has 6 heteroatoms. The molecule has 0 aliphatic carbocycles. The average molecular weight is 403 g/mol. The van der Waals surface area contributed by atoms with Crippen molar-refractivity contribution in [3.63, 3.8) is 0 Å². The number of benzene rings is 2. The molecule has 0 heterocycles. The number of hydrogen-bond donors (Lipinski definition) is 1. The largest absolute Gasteiger partial charge is 0.348 e. The summed E-state index contributed by atoms with van der Waals surface area (Å²) in [6.45, 7) is 7.75. The second-order valence-electron chi connectivity index (χ2n) is 7.14. The van der Waals surface area contributed by atoms with E-state index in [4.69, 9.17) is 0 Å². The van der Waals surface area contributed by atoms with Crippen molar-refractivity contribution in [3.05, 3.63) is 65.2 Å². The molecule has 0 saturated heterocycles. The van der Waals surface area contributed by atoms with Crippen LogP contribution in [0.5, 0.6) is 0 Å². The van der Waals surface area contributed by atoms with Crippen molar-refractivity contribution >= 4 is 21.6 Å². The number of rotatable bonds is 8. The quantitative estimate of drug-likeness (QED) is 0.726. The third kappa shape index (κ3) is 5.35. The third-order valence-corrected chi connectivity index (χ3v) is 6.04. The molecular weight excluding hydrogens is 372 g/mol. The van der Waals surface area contributed by atoms with Crippen LogP contribution in [0, 0.1) is 6.92 Å². The molecule has 0 aliphatic heterocycles. The minimum absolute atomic E-state index is 0.216. The predicted octanol–water partition coefficient (Wildman–Crippen LogP) is 3.98. The molecule has 2 aromatic rings. The van der Waals surface area contributed by atoms with Crippen molar-refractivity contribution in [2.24, 2.45) is 0 Å². The van der Waals surface area contributed by atoms with Gasteiger partial charge in [0.25, 0.3) is 0 Å². The third-order valence-electron chi connectivity index (χ3n) is 4.86. The maximum atomic E-state index is 13.0. The molecule has 2 rings (SSSR count). The lowest BCUT2D eigenvalue weighted by atomic mass is 10.0. The van der Waals surface area contributed by atoms with Crippen LogP contribution >= 0.6 is 0 Å². The fourth-order valence-corrected chi connectivity index (χ4v) is 4.40. The molecule has 28 heavy (non-hydrogen) atoms. The maximum absolute atomic E-state index is 13.0. The molecule has 5 nitrogen and oxygen atoms in total. The highest BCUT2D eigenvalue weighted by atomic mass is 32.2. The fraction of sp³-hybridized carbons (Fsp3) is 0.409. The lowest BCUT2D eigenvalue weighted by Crippen LogP contribution is -2.49. The summed E-state index contributed by atoms with van der Waals surface area (Å²) < 4.78 is 26.2. The van der Waals surface area contributed by atoms with Crippen LogP contribution in [-0.4, -0.2) is 26.6 Å². The number of nitrogens with zero attached hydrogens (tertiary/aromatic N) is 1. The Bertz CT molecular complexity index is 890. The Morgan fingerprint density at radius 3 is 2.07 bits per heavy atom. The van der Waals surface area contributed by atoms with Gasteiger partial charge in [-0.15, -0.1) is 0 Å². The van der Waals surface area contributed by atoms with Crippen LogP contribution < -0.4 is 9.62 Å². The van der Waals surface area contributed by atoms with Crippen molar-refractivity contribution < 1.29 is 13.2 Å². The van der Waals surface area contributed by atoms with Gasteiger partial charge in [0.1, 0.15) is 6.04 Å². The molecule has 152 valence electrons. The van der Waals surface area contributed by atoms with Crippen LogP contribution in [0.15, 0.2) is 48.5 Å². The molecule has 0 aliphatic rings. The van der Waals surface area contributed by atoms with Gasteiger partial charge in [-0.1, -0.05) is 55.8 Å². The summed E-state index contributed by atoms with van der Waals surface area (Å²) in [5, 5.41) is 2.97. The van der Waals surface area contributed by atoms with Crippen molar-refractivity contribution in [1.29, 1.82) is 0 Å². The van der Waals surface area contributed by atoms with E-state index >= 15 is 0 Å². The van der Waals surface area contributed by atoms with E-state index in [1.54, 1.807) is 12.1 Å². The van der Waals surface area contributed by atoms with Crippen LogP contribution in [0.3, 0.4) is 0 Å². The first-order valence-electron chi connectivity index (χ1n) is 9.62. The van der Waals surface area contributed by atoms with Gasteiger partial charge < -0.3 is 5.32 Å². The van der Waals surface area contributed by atoms with E-state index in [2.05, 4.69) is 12.2 Å². The summed E-state index contributed by atoms with van der Waals surface area (Å²) >= 11 is 0. The average Bonchev–Trinajstić information content (AvgIpc) is 2.66. The Hall–Kier alpha value is -2.34. The van der Waals surface area contributed by atoms with E-state index < -0.39 is 16.1 Å². The minimum atomic E-state index is -3.62. The zero-order valence-electron chi connectivity index (χ0n) is 17.3. The molecule has 0 spiro atoms. The van der Waals surface area contributed by atoms with Crippen LogP contribution in [0.1, 0.15) is 49.9 Å². The molecular formula is C22H30N2O3S. The minimum Gasteiger partial charge on any atom is -0.348 e. The summed E-state index contributed by atoms with van der Waals surface area (Å²) in [5.41, 5.74) is 3.74. The number of aryl methyl sites for hydroxylation is 2. The van der Waals surface area contributed by atoms with E-state index in [1.807, 2.05) is 57.2 Å². The summed E-state index contributed by atoms with van der Waals surface area (Å²) in [7, 11) is -3.62. The number of sulfonamides is 1. The highest BCUT2D eigenvalue weighted by molar-refractivity contribution is 7.92. The summed E-state index contributed by atoms with van der Waals surface area (Å²) in [5.74, 6) is -0.305. The van der Waals surface area contributed by atoms with Crippen molar-refractivity contribution in [3.8, 4) is 0 Å². The lowest BCUT2D eigenvalue weighted by molar-refractivity contribution is -0.122. The SMILES string of the molecule is CCc1ccc([C@H](C)NC(=O)[C@H](CC)N(c2ccc(C)cc2)S(C)(=O)=O)cc1. The van der Waals surface area contributed by atoms with Crippen LogP contribution in [0.2, 0.25) is 0 Å². The number of carbonyl (C=O) groups is 1. The van der Waals surface area contributed by atoms with Crippen molar-refractivity contribution in [2.75, 3.05) is 10.6 Å². The second-order valence-corrected chi connectivity index (χ2v) is 9.00. The molecule has 1 amide bonds. The van der Waals surface area contributed by atoms with E-state index in [0.717, 1.165) is 23.8 Å². The Labute approximate surface area is 168 Å². The normalized spacial score (nSPS) is 13.6. The van der Waals surface area contributed by atoms with E-state index in [0.29, 0.717) is 12.1 Å². The van der Waals surface area contributed by atoms with Crippen molar-refractivity contribution in [2.45, 2.75) is 52.6 Å². The summed E-state index contributed by atoms with van der Waals surface area (Å²) in [6, 6.07) is 14.2. The van der Waals surface area contributed by atoms with Gasteiger partial charge in [0.05, 0.1) is 18.0 Å². The highest BCUT2D eigenvalue weighted by Gasteiger charge is 2.32. The van der Waals surface area contributed by atoms with Crippen LogP contribution in [0.25, 0.3) is 0 Å². The number of anilines is 1. The zero-order valence-corrected chi connectivity index (χ0v) is 18.1. The number of nitrogens with one attached hydrogen (secondary N) is 1. The maximum Gasteiger partial charge on any atom is 0.244 e. The van der Waals surface area contributed by atoms with Gasteiger partial charge in [-0.3, -0.25) is 9.10 Å². The predicted molar refractivity (Wildman–Crippen MR) is 115 cm³/mol. The van der Waals surface area contributed by atoms with Gasteiger partial charge in [0.15, 0.2) is 0 Å². The highest BCUT2D eigenvalue weighted by Crippen LogP contribution is 2.24. The number of amides is 1. The van der Waals surface area contributed by atoms with Gasteiger partial charge in [-0.05, 0) is 49.9 Å². The van der Waals surface area contributed by atoms with Gasteiger partial charge >= 0.3 is 0 Å². The van der Waals surface area contributed by atoms with E-state index in [1.165, 1.54) is 9.87 Å². The molecule has 1 N–H and O–H groups in total. The smallest absolute Gasteiger partial charge is 0.244 e. The topological polar surface area (TPSA) is 66.5 Å². The molecule has 0 aromatic heterocycles. The van der Waals surface area contributed by atoms with Gasteiger partial charge in [-0.25, -0.2) is 8.42 Å². The Kier molecular flexibility index (Phi) is 7.24. The summed E-state index contributed by atoms with van der Waals surface area (Å²) in [6.07, 6.45) is 2.46. The zero-order chi connectivity index (χ0) is 20.9. The monoisotopic (exact) mass is 402 g/mol. The van der Waals surface area contributed by atoms with Crippen LogP contribution in [0.4, 0.5) is 5.69 Å². The molecule has 2 aromatic carbocycles. The van der Waals surface area contributed by atoms with Gasteiger partial charge in [0.2, 0.25) is 15.9 Å². The molecule has 0 saturated carbocycles. The second kappa shape index (κ2) is 9.24. The van der Waals surface area contributed by atoms with Crippen molar-refractivity contribution in [1.82, 2.24) is 5.32 Å². The number of carbonyl (C=O) groups excluding carboxylic acids is 1. The fourth-order valence-electron chi connectivity index (χ4n) is 3.19. The molecule has 2 atom stereocenters. The Balaban J connectivity index is 2.26. The van der Waals surface area contributed by atoms with Gasteiger partial charge in [0, 0.05) is 0 Å². The number of hydrogen-bond acceptors (Lipinski definition) is 3. The Morgan fingerprint density at radius 1 is 1.04 bits per heavy atom.